The summed E-state index contributed by atoms with van der Waals surface area (Å²) in [5, 5.41) is 3.69. The van der Waals surface area contributed by atoms with Crippen LogP contribution in [0.25, 0.3) is 0 Å². The lowest BCUT2D eigenvalue weighted by atomic mass is 10.1. The monoisotopic (exact) mass is 246 g/mol. The zero-order valence-electron chi connectivity index (χ0n) is 11.7. The van der Waals surface area contributed by atoms with Crippen molar-refractivity contribution < 1.29 is 0 Å². The Kier molecular flexibility index (Phi) is 5.21. The smallest absolute Gasteiger partial charge is 0.0449 e. The van der Waals surface area contributed by atoms with Gasteiger partial charge in [0.25, 0.3) is 0 Å². The predicted octanol–water partition coefficient (Wildman–Crippen LogP) is 3.21. The van der Waals surface area contributed by atoms with Gasteiger partial charge in [-0.25, -0.2) is 0 Å². The van der Waals surface area contributed by atoms with Gasteiger partial charge in [-0.15, -0.1) is 0 Å². The van der Waals surface area contributed by atoms with Crippen molar-refractivity contribution in [3.8, 4) is 0 Å². The molecule has 18 heavy (non-hydrogen) atoms. The van der Waals surface area contributed by atoms with Gasteiger partial charge < -0.3 is 5.32 Å². The number of rotatable bonds is 4. The average molecular weight is 246 g/mol. The van der Waals surface area contributed by atoms with E-state index in [1.807, 2.05) is 0 Å². The molecule has 2 rings (SSSR count). The minimum Gasteiger partial charge on any atom is -0.309 e. The van der Waals surface area contributed by atoms with Gasteiger partial charge in [-0.2, -0.15) is 0 Å². The first-order chi connectivity index (χ1) is 8.81. The van der Waals surface area contributed by atoms with Crippen LogP contribution in [0.2, 0.25) is 0 Å². The lowest BCUT2D eigenvalue weighted by Crippen LogP contribution is -2.36. The maximum absolute atomic E-state index is 3.69. The summed E-state index contributed by atoms with van der Waals surface area (Å²) in [5.41, 5.74) is 1.42. The molecule has 0 spiro atoms. The van der Waals surface area contributed by atoms with Gasteiger partial charge in [-0.3, -0.25) is 4.90 Å². The lowest BCUT2D eigenvalue weighted by Gasteiger charge is -2.29. The van der Waals surface area contributed by atoms with Crippen molar-refractivity contribution >= 4 is 0 Å². The van der Waals surface area contributed by atoms with E-state index in [0.717, 1.165) is 13.1 Å². The molecule has 1 fully saturated rings. The van der Waals surface area contributed by atoms with Crippen molar-refractivity contribution in [1.29, 1.82) is 0 Å². The minimum atomic E-state index is 0.494. The summed E-state index contributed by atoms with van der Waals surface area (Å²) in [6, 6.07) is 12.1. The van der Waals surface area contributed by atoms with E-state index in [4.69, 9.17) is 0 Å². The molecule has 0 saturated carbocycles. The van der Waals surface area contributed by atoms with Crippen molar-refractivity contribution in [3.63, 3.8) is 0 Å². The van der Waals surface area contributed by atoms with Gasteiger partial charge in [0.1, 0.15) is 0 Å². The van der Waals surface area contributed by atoms with Crippen LogP contribution in [-0.4, -0.2) is 30.6 Å². The third-order valence-corrected chi connectivity index (χ3v) is 3.99. The SMILES string of the molecule is CCCCN1CC(c2ccccc2)NCCC1C. The second-order valence-corrected chi connectivity index (χ2v) is 5.40. The maximum atomic E-state index is 3.69. The normalized spacial score (nSPS) is 25.9. The fourth-order valence-corrected chi connectivity index (χ4v) is 2.71. The fraction of sp³-hybridized carbons (Fsp3) is 0.625. The van der Waals surface area contributed by atoms with Crippen molar-refractivity contribution in [2.24, 2.45) is 0 Å². The van der Waals surface area contributed by atoms with Crippen LogP contribution in [0.1, 0.15) is 44.7 Å². The van der Waals surface area contributed by atoms with E-state index < -0.39 is 0 Å². The first kappa shape index (κ1) is 13.6. The average Bonchev–Trinajstić information content (AvgIpc) is 2.60. The number of hydrogen-bond acceptors (Lipinski definition) is 2. The van der Waals surface area contributed by atoms with Gasteiger partial charge in [0, 0.05) is 18.6 Å². The first-order valence-corrected chi connectivity index (χ1v) is 7.33. The molecule has 0 bridgehead atoms. The van der Waals surface area contributed by atoms with Gasteiger partial charge >= 0.3 is 0 Å². The molecule has 1 aromatic carbocycles. The van der Waals surface area contributed by atoms with E-state index in [-0.39, 0.29) is 0 Å². The Morgan fingerprint density at radius 1 is 1.28 bits per heavy atom. The molecule has 1 saturated heterocycles. The zero-order chi connectivity index (χ0) is 12.8. The Morgan fingerprint density at radius 2 is 2.06 bits per heavy atom. The fourth-order valence-electron chi connectivity index (χ4n) is 2.71. The van der Waals surface area contributed by atoms with Crippen LogP contribution >= 0.6 is 0 Å². The van der Waals surface area contributed by atoms with Crippen molar-refractivity contribution in [1.82, 2.24) is 10.2 Å². The largest absolute Gasteiger partial charge is 0.309 e. The van der Waals surface area contributed by atoms with E-state index in [0.29, 0.717) is 12.1 Å². The zero-order valence-corrected chi connectivity index (χ0v) is 11.7. The van der Waals surface area contributed by atoms with Crippen LogP contribution in [0.15, 0.2) is 30.3 Å². The van der Waals surface area contributed by atoms with Crippen LogP contribution in [0.5, 0.6) is 0 Å². The Balaban J connectivity index is 2.03. The van der Waals surface area contributed by atoms with Crippen LogP contribution in [0.4, 0.5) is 0 Å². The molecule has 1 aliphatic heterocycles. The third-order valence-electron chi connectivity index (χ3n) is 3.99. The molecule has 2 nitrogen and oxygen atoms in total. The molecule has 0 aromatic heterocycles. The summed E-state index contributed by atoms with van der Waals surface area (Å²) in [4.78, 5) is 2.65. The summed E-state index contributed by atoms with van der Waals surface area (Å²) >= 11 is 0. The number of unbranched alkanes of at least 4 members (excludes halogenated alkanes) is 1. The lowest BCUT2D eigenvalue weighted by molar-refractivity contribution is 0.202. The molecular formula is C16H26N2. The standard InChI is InChI=1S/C16H26N2/c1-3-4-12-18-13-16(17-11-10-14(18)2)15-8-6-5-7-9-15/h5-9,14,16-17H,3-4,10-13H2,1-2H3. The van der Waals surface area contributed by atoms with Gasteiger partial charge in [-0.05, 0) is 38.4 Å². The quantitative estimate of drug-likeness (QED) is 0.877. The molecule has 0 aliphatic carbocycles. The number of hydrogen-bond donors (Lipinski definition) is 1. The summed E-state index contributed by atoms with van der Waals surface area (Å²) in [6.07, 6.45) is 3.85. The molecule has 1 heterocycles. The molecule has 0 radical (unpaired) electrons. The van der Waals surface area contributed by atoms with Gasteiger partial charge in [0.05, 0.1) is 0 Å². The van der Waals surface area contributed by atoms with Crippen LogP contribution in [0.3, 0.4) is 0 Å². The molecular weight excluding hydrogens is 220 g/mol. The molecule has 0 amide bonds. The number of nitrogens with zero attached hydrogens (tertiary/aromatic N) is 1. The minimum absolute atomic E-state index is 0.494. The van der Waals surface area contributed by atoms with Crippen molar-refractivity contribution in [2.45, 2.75) is 45.2 Å². The first-order valence-electron chi connectivity index (χ1n) is 7.33. The molecule has 1 aliphatic rings. The summed E-state index contributed by atoms with van der Waals surface area (Å²) in [7, 11) is 0. The van der Waals surface area contributed by atoms with Crippen LogP contribution < -0.4 is 5.32 Å². The highest BCUT2D eigenvalue weighted by atomic mass is 15.2. The van der Waals surface area contributed by atoms with Crippen LogP contribution in [-0.2, 0) is 0 Å². The Hall–Kier alpha value is -0.860. The topological polar surface area (TPSA) is 15.3 Å². The summed E-state index contributed by atoms with van der Waals surface area (Å²) in [5.74, 6) is 0. The molecule has 100 valence electrons. The predicted molar refractivity (Wildman–Crippen MR) is 77.7 cm³/mol. The highest BCUT2D eigenvalue weighted by Crippen LogP contribution is 2.20. The highest BCUT2D eigenvalue weighted by Gasteiger charge is 2.22. The Bertz CT molecular complexity index is 336. The van der Waals surface area contributed by atoms with Gasteiger partial charge in [-0.1, -0.05) is 43.7 Å². The Morgan fingerprint density at radius 3 is 2.78 bits per heavy atom. The van der Waals surface area contributed by atoms with Gasteiger partial charge in [0.2, 0.25) is 0 Å². The van der Waals surface area contributed by atoms with E-state index in [9.17, 15) is 0 Å². The van der Waals surface area contributed by atoms with Crippen molar-refractivity contribution in [3.05, 3.63) is 35.9 Å². The molecule has 2 heteroatoms. The number of benzene rings is 1. The summed E-state index contributed by atoms with van der Waals surface area (Å²) < 4.78 is 0. The van der Waals surface area contributed by atoms with Crippen molar-refractivity contribution in [2.75, 3.05) is 19.6 Å². The van der Waals surface area contributed by atoms with E-state index in [1.165, 1.54) is 31.4 Å². The second-order valence-electron chi connectivity index (χ2n) is 5.40. The number of nitrogens with one attached hydrogen (secondary N) is 1. The molecule has 2 unspecified atom stereocenters. The molecule has 1 N–H and O–H groups in total. The highest BCUT2D eigenvalue weighted by molar-refractivity contribution is 5.19. The van der Waals surface area contributed by atoms with Gasteiger partial charge in [0.15, 0.2) is 0 Å². The Labute approximate surface area is 111 Å². The van der Waals surface area contributed by atoms with E-state index >= 15 is 0 Å². The summed E-state index contributed by atoms with van der Waals surface area (Å²) in [6.45, 7) is 8.15. The molecule has 1 aromatic rings. The van der Waals surface area contributed by atoms with E-state index in [2.05, 4.69) is 54.4 Å². The van der Waals surface area contributed by atoms with E-state index in [1.54, 1.807) is 0 Å². The maximum Gasteiger partial charge on any atom is 0.0449 e. The third kappa shape index (κ3) is 3.56. The second kappa shape index (κ2) is 6.91. The molecule has 2 atom stereocenters. The van der Waals surface area contributed by atoms with Crippen LogP contribution in [0, 0.1) is 0 Å².